The normalized spacial score (nSPS) is 18.4. The van der Waals surface area contributed by atoms with Gasteiger partial charge in [-0.3, -0.25) is 4.79 Å². The van der Waals surface area contributed by atoms with Gasteiger partial charge >= 0.3 is 5.97 Å². The lowest BCUT2D eigenvalue weighted by Crippen LogP contribution is -2.38. The SMILES string of the molecule is N#Cc1ccc(N2CCC[C@H](C(=O)O)C2)c2ccccc12. The molecule has 106 valence electrons. The van der Waals surface area contributed by atoms with Gasteiger partial charge in [-0.15, -0.1) is 0 Å². The van der Waals surface area contributed by atoms with Crippen molar-refractivity contribution in [3.63, 3.8) is 0 Å². The maximum Gasteiger partial charge on any atom is 0.308 e. The van der Waals surface area contributed by atoms with Crippen molar-refractivity contribution >= 4 is 22.4 Å². The van der Waals surface area contributed by atoms with Crippen LogP contribution in [-0.4, -0.2) is 24.2 Å². The van der Waals surface area contributed by atoms with Crippen LogP contribution in [0.15, 0.2) is 36.4 Å². The number of hydrogen-bond donors (Lipinski definition) is 1. The second-order valence-corrected chi connectivity index (χ2v) is 5.41. The smallest absolute Gasteiger partial charge is 0.308 e. The Balaban J connectivity index is 2.05. The number of anilines is 1. The van der Waals surface area contributed by atoms with Crippen molar-refractivity contribution < 1.29 is 9.90 Å². The molecule has 1 N–H and O–H groups in total. The van der Waals surface area contributed by atoms with Crippen molar-refractivity contribution in [2.75, 3.05) is 18.0 Å². The molecule has 4 heteroatoms. The first-order chi connectivity index (χ1) is 10.2. The van der Waals surface area contributed by atoms with Gasteiger partial charge in [0.2, 0.25) is 0 Å². The van der Waals surface area contributed by atoms with Gasteiger partial charge in [0.25, 0.3) is 0 Å². The van der Waals surface area contributed by atoms with Crippen LogP contribution in [0.4, 0.5) is 5.69 Å². The lowest BCUT2D eigenvalue weighted by atomic mass is 9.96. The molecule has 1 saturated heterocycles. The average Bonchev–Trinajstić information content (AvgIpc) is 2.54. The maximum atomic E-state index is 11.2. The largest absolute Gasteiger partial charge is 0.481 e. The van der Waals surface area contributed by atoms with Crippen molar-refractivity contribution in [1.82, 2.24) is 0 Å². The van der Waals surface area contributed by atoms with E-state index in [0.717, 1.165) is 35.8 Å². The van der Waals surface area contributed by atoms with Gasteiger partial charge in [-0.25, -0.2) is 0 Å². The molecule has 21 heavy (non-hydrogen) atoms. The van der Waals surface area contributed by atoms with Crippen molar-refractivity contribution in [3.05, 3.63) is 42.0 Å². The highest BCUT2D eigenvalue weighted by molar-refractivity contribution is 5.98. The zero-order chi connectivity index (χ0) is 14.8. The van der Waals surface area contributed by atoms with E-state index in [2.05, 4.69) is 11.0 Å². The van der Waals surface area contributed by atoms with Crippen LogP contribution >= 0.6 is 0 Å². The van der Waals surface area contributed by atoms with E-state index in [1.54, 1.807) is 0 Å². The molecule has 0 radical (unpaired) electrons. The highest BCUT2D eigenvalue weighted by atomic mass is 16.4. The van der Waals surface area contributed by atoms with E-state index in [9.17, 15) is 15.2 Å². The number of carbonyl (C=O) groups is 1. The van der Waals surface area contributed by atoms with E-state index in [4.69, 9.17) is 0 Å². The highest BCUT2D eigenvalue weighted by Crippen LogP contribution is 2.32. The Hall–Kier alpha value is -2.54. The number of carboxylic acid groups (broad SMARTS) is 1. The first-order valence-electron chi connectivity index (χ1n) is 7.10. The maximum absolute atomic E-state index is 11.2. The fourth-order valence-corrected chi connectivity index (χ4v) is 3.05. The van der Waals surface area contributed by atoms with Gasteiger partial charge in [-0.1, -0.05) is 24.3 Å². The third-order valence-corrected chi connectivity index (χ3v) is 4.13. The van der Waals surface area contributed by atoms with Crippen molar-refractivity contribution in [3.8, 4) is 6.07 Å². The molecule has 0 bridgehead atoms. The van der Waals surface area contributed by atoms with Crippen LogP contribution in [0, 0.1) is 17.2 Å². The van der Waals surface area contributed by atoms with Gasteiger partial charge in [0.15, 0.2) is 0 Å². The number of nitriles is 1. The first kappa shape index (κ1) is 13.4. The number of piperidine rings is 1. The highest BCUT2D eigenvalue weighted by Gasteiger charge is 2.26. The number of nitrogens with zero attached hydrogens (tertiary/aromatic N) is 2. The van der Waals surface area contributed by atoms with Crippen molar-refractivity contribution in [1.29, 1.82) is 5.26 Å². The van der Waals surface area contributed by atoms with E-state index in [-0.39, 0.29) is 5.92 Å². The summed E-state index contributed by atoms with van der Waals surface area (Å²) in [7, 11) is 0. The van der Waals surface area contributed by atoms with Crippen molar-refractivity contribution in [2.24, 2.45) is 5.92 Å². The Labute approximate surface area is 123 Å². The summed E-state index contributed by atoms with van der Waals surface area (Å²) in [5, 5.41) is 20.4. The summed E-state index contributed by atoms with van der Waals surface area (Å²) in [6.45, 7) is 1.39. The molecule has 0 aliphatic carbocycles. The van der Waals surface area contributed by atoms with Crippen LogP contribution in [0.3, 0.4) is 0 Å². The predicted octanol–water partition coefficient (Wildman–Crippen LogP) is 3.01. The van der Waals surface area contributed by atoms with Crippen LogP contribution in [-0.2, 0) is 4.79 Å². The second-order valence-electron chi connectivity index (χ2n) is 5.41. The summed E-state index contributed by atoms with van der Waals surface area (Å²) in [4.78, 5) is 13.4. The summed E-state index contributed by atoms with van der Waals surface area (Å²) in [6.07, 6.45) is 1.62. The number of hydrogen-bond acceptors (Lipinski definition) is 3. The Bertz CT molecular complexity index is 733. The summed E-state index contributed by atoms with van der Waals surface area (Å²) in [6, 6.07) is 13.8. The topological polar surface area (TPSA) is 64.3 Å². The van der Waals surface area contributed by atoms with E-state index < -0.39 is 5.97 Å². The lowest BCUT2D eigenvalue weighted by Gasteiger charge is -2.33. The Kier molecular flexibility index (Phi) is 3.49. The summed E-state index contributed by atoms with van der Waals surface area (Å²) in [5.74, 6) is -1.04. The zero-order valence-electron chi connectivity index (χ0n) is 11.6. The molecule has 2 aromatic rings. The first-order valence-corrected chi connectivity index (χ1v) is 7.10. The van der Waals surface area contributed by atoms with E-state index in [1.165, 1.54) is 0 Å². The molecule has 1 heterocycles. The predicted molar refractivity (Wildman–Crippen MR) is 81.2 cm³/mol. The van der Waals surface area contributed by atoms with Gasteiger partial charge in [0.1, 0.15) is 0 Å². The summed E-state index contributed by atoms with van der Waals surface area (Å²) in [5.41, 5.74) is 1.68. The molecule has 0 aromatic heterocycles. The molecular formula is C17H16N2O2. The number of rotatable bonds is 2. The number of benzene rings is 2. The molecule has 0 spiro atoms. The fourth-order valence-electron chi connectivity index (χ4n) is 3.05. The fraction of sp³-hybridized carbons (Fsp3) is 0.294. The Morgan fingerprint density at radius 3 is 2.71 bits per heavy atom. The molecule has 3 rings (SSSR count). The molecule has 4 nitrogen and oxygen atoms in total. The zero-order valence-corrected chi connectivity index (χ0v) is 11.6. The lowest BCUT2D eigenvalue weighted by molar-refractivity contribution is -0.141. The summed E-state index contributed by atoms with van der Waals surface area (Å²) < 4.78 is 0. The van der Waals surface area contributed by atoms with Crippen LogP contribution in [0.25, 0.3) is 10.8 Å². The molecule has 0 saturated carbocycles. The van der Waals surface area contributed by atoms with E-state index in [0.29, 0.717) is 12.1 Å². The van der Waals surface area contributed by atoms with E-state index >= 15 is 0 Å². The number of fused-ring (bicyclic) bond motifs is 1. The molecule has 2 aromatic carbocycles. The van der Waals surface area contributed by atoms with Crippen LogP contribution in [0.5, 0.6) is 0 Å². The van der Waals surface area contributed by atoms with Gasteiger partial charge in [-0.05, 0) is 25.0 Å². The van der Waals surface area contributed by atoms with Crippen LogP contribution < -0.4 is 4.90 Å². The molecule has 0 unspecified atom stereocenters. The molecule has 0 amide bonds. The quantitative estimate of drug-likeness (QED) is 0.918. The molecule has 1 aliphatic heterocycles. The van der Waals surface area contributed by atoms with Crippen LogP contribution in [0.2, 0.25) is 0 Å². The average molecular weight is 280 g/mol. The monoisotopic (exact) mass is 280 g/mol. The molecule has 1 atom stereocenters. The third-order valence-electron chi connectivity index (χ3n) is 4.13. The van der Waals surface area contributed by atoms with Gasteiger partial charge in [0.05, 0.1) is 17.6 Å². The molecule has 1 fully saturated rings. The standard InChI is InChI=1S/C17H16N2O2/c18-10-12-7-8-16(15-6-2-1-5-14(12)15)19-9-3-4-13(11-19)17(20)21/h1-2,5-8,13H,3-4,9,11H2,(H,20,21)/t13-/m0/s1. The molecular weight excluding hydrogens is 264 g/mol. The number of carboxylic acids is 1. The Morgan fingerprint density at radius 1 is 1.24 bits per heavy atom. The van der Waals surface area contributed by atoms with E-state index in [1.807, 2.05) is 36.4 Å². The minimum atomic E-state index is -0.724. The van der Waals surface area contributed by atoms with Gasteiger partial charge in [-0.2, -0.15) is 5.26 Å². The number of aliphatic carboxylic acids is 1. The minimum absolute atomic E-state index is 0.312. The van der Waals surface area contributed by atoms with Gasteiger partial charge < -0.3 is 10.0 Å². The minimum Gasteiger partial charge on any atom is -0.481 e. The third kappa shape index (κ3) is 2.43. The van der Waals surface area contributed by atoms with Gasteiger partial charge in [0, 0.05) is 29.5 Å². The Morgan fingerprint density at radius 2 is 2.00 bits per heavy atom. The second kappa shape index (κ2) is 5.45. The molecule has 1 aliphatic rings. The van der Waals surface area contributed by atoms with Crippen LogP contribution in [0.1, 0.15) is 18.4 Å². The van der Waals surface area contributed by atoms with Crippen molar-refractivity contribution in [2.45, 2.75) is 12.8 Å². The summed E-state index contributed by atoms with van der Waals surface area (Å²) >= 11 is 0.